The smallest absolute Gasteiger partial charge is 0.184 e. The van der Waals surface area contributed by atoms with Crippen LogP contribution in [-0.4, -0.2) is 22.5 Å². The third-order valence-electron chi connectivity index (χ3n) is 4.44. The second-order valence-corrected chi connectivity index (χ2v) is 19.7. The predicted molar refractivity (Wildman–Crippen MR) is 113 cm³/mol. The van der Waals surface area contributed by atoms with Gasteiger partial charge in [0, 0.05) is 14.2 Å². The van der Waals surface area contributed by atoms with Gasteiger partial charge in [0.05, 0.1) is 0 Å². The van der Waals surface area contributed by atoms with Gasteiger partial charge >= 0.3 is 0 Å². The summed E-state index contributed by atoms with van der Waals surface area (Å²) in [4.78, 5) is 0. The SMILES string of the molecule is CCCCCCCCCCCCC(C)O[Si](C)(C)C[Si](C)(C)C. The van der Waals surface area contributed by atoms with Crippen molar-refractivity contribution in [1.82, 2.24) is 0 Å². The molecule has 0 aromatic rings. The Balaban J connectivity index is 3.54. The van der Waals surface area contributed by atoms with Crippen LogP contribution in [0.15, 0.2) is 0 Å². The summed E-state index contributed by atoms with van der Waals surface area (Å²) >= 11 is 0. The molecule has 0 N–H and O–H groups in total. The van der Waals surface area contributed by atoms with Crippen LogP contribution in [0.2, 0.25) is 38.4 Å². The van der Waals surface area contributed by atoms with Crippen molar-refractivity contribution in [2.45, 2.75) is 129 Å². The Morgan fingerprint density at radius 2 is 1.13 bits per heavy atom. The molecule has 0 rings (SSSR count). The third-order valence-corrected chi connectivity index (χ3v) is 13.1. The largest absolute Gasteiger partial charge is 0.415 e. The van der Waals surface area contributed by atoms with Crippen molar-refractivity contribution in [3.63, 3.8) is 0 Å². The molecule has 0 aliphatic heterocycles. The minimum absolute atomic E-state index is 0.474. The zero-order valence-corrected chi connectivity index (χ0v) is 19.5. The van der Waals surface area contributed by atoms with Gasteiger partial charge in [-0.2, -0.15) is 0 Å². The van der Waals surface area contributed by atoms with E-state index in [1.807, 2.05) is 0 Å². The van der Waals surface area contributed by atoms with Crippen LogP contribution in [0.4, 0.5) is 0 Å². The average Bonchev–Trinajstić information content (AvgIpc) is 2.37. The van der Waals surface area contributed by atoms with Gasteiger partial charge in [-0.25, -0.2) is 0 Å². The van der Waals surface area contributed by atoms with Gasteiger partial charge in [-0.1, -0.05) is 90.8 Å². The molecule has 1 nitrogen and oxygen atoms in total. The maximum Gasteiger partial charge on any atom is 0.184 e. The van der Waals surface area contributed by atoms with Crippen molar-refractivity contribution < 1.29 is 4.43 Å². The van der Waals surface area contributed by atoms with Crippen LogP contribution in [0, 0.1) is 0 Å². The summed E-state index contributed by atoms with van der Waals surface area (Å²) in [5.74, 6) is 0. The second-order valence-electron chi connectivity index (χ2n) is 9.40. The average molecular weight is 359 g/mol. The standard InChI is InChI=1S/C20H46OSi2/c1-8-9-10-11-12-13-14-15-16-17-18-20(2)21-23(6,7)19-22(3,4)5/h20H,8-19H2,1-7H3. The molecule has 0 aliphatic carbocycles. The third kappa shape index (κ3) is 17.0. The molecule has 140 valence electrons. The van der Waals surface area contributed by atoms with E-state index in [0.717, 1.165) is 0 Å². The fourth-order valence-corrected chi connectivity index (χ4v) is 15.6. The van der Waals surface area contributed by atoms with E-state index in [0.29, 0.717) is 6.10 Å². The first-order chi connectivity index (χ1) is 10.7. The molecule has 0 heterocycles. The summed E-state index contributed by atoms with van der Waals surface area (Å²) < 4.78 is 6.47. The molecule has 1 unspecified atom stereocenters. The zero-order chi connectivity index (χ0) is 17.8. The molecule has 0 bridgehead atoms. The molecular formula is C20H46OSi2. The lowest BCUT2D eigenvalue weighted by atomic mass is 10.1. The molecular weight excluding hydrogens is 312 g/mol. The Morgan fingerprint density at radius 3 is 1.57 bits per heavy atom. The normalized spacial score (nSPS) is 14.2. The minimum Gasteiger partial charge on any atom is -0.415 e. The zero-order valence-electron chi connectivity index (χ0n) is 17.5. The van der Waals surface area contributed by atoms with Gasteiger partial charge in [-0.05, 0) is 32.1 Å². The number of unbranched alkanes of at least 4 members (excludes halogenated alkanes) is 9. The summed E-state index contributed by atoms with van der Waals surface area (Å²) in [5, 5.41) is 0. The van der Waals surface area contributed by atoms with Crippen LogP contribution in [0.3, 0.4) is 0 Å². The van der Waals surface area contributed by atoms with E-state index < -0.39 is 16.4 Å². The maximum atomic E-state index is 6.47. The number of hydrogen-bond donors (Lipinski definition) is 0. The molecule has 1 atom stereocenters. The van der Waals surface area contributed by atoms with E-state index in [1.54, 1.807) is 0 Å². The summed E-state index contributed by atoms with van der Waals surface area (Å²) in [6.45, 7) is 16.8. The molecule has 0 aliphatic rings. The summed E-state index contributed by atoms with van der Waals surface area (Å²) in [5.41, 5.74) is 1.39. The van der Waals surface area contributed by atoms with E-state index in [-0.39, 0.29) is 0 Å². The monoisotopic (exact) mass is 358 g/mol. The Morgan fingerprint density at radius 1 is 0.696 bits per heavy atom. The second kappa shape index (κ2) is 12.7. The van der Waals surface area contributed by atoms with Crippen LogP contribution in [0.25, 0.3) is 0 Å². The molecule has 0 aromatic carbocycles. The van der Waals surface area contributed by atoms with Gasteiger partial charge in [0.25, 0.3) is 0 Å². The van der Waals surface area contributed by atoms with Crippen LogP contribution < -0.4 is 0 Å². The molecule has 0 radical (unpaired) electrons. The van der Waals surface area contributed by atoms with Gasteiger partial charge < -0.3 is 4.43 Å². The van der Waals surface area contributed by atoms with Gasteiger partial charge in [0.1, 0.15) is 0 Å². The van der Waals surface area contributed by atoms with Gasteiger partial charge in [0.15, 0.2) is 8.32 Å². The van der Waals surface area contributed by atoms with Gasteiger partial charge in [-0.15, -0.1) is 0 Å². The van der Waals surface area contributed by atoms with Crippen molar-refractivity contribution >= 4 is 16.4 Å². The molecule has 0 saturated heterocycles. The van der Waals surface area contributed by atoms with Crippen molar-refractivity contribution in [3.05, 3.63) is 0 Å². The Kier molecular flexibility index (Phi) is 12.9. The summed E-state index contributed by atoms with van der Waals surface area (Å²) in [6.07, 6.45) is 16.0. The van der Waals surface area contributed by atoms with Crippen molar-refractivity contribution in [3.8, 4) is 0 Å². The van der Waals surface area contributed by atoms with Crippen molar-refractivity contribution in [2.75, 3.05) is 0 Å². The highest BCUT2D eigenvalue weighted by Crippen LogP contribution is 2.23. The number of rotatable bonds is 15. The fourth-order valence-electron chi connectivity index (χ4n) is 3.84. The maximum absolute atomic E-state index is 6.47. The molecule has 3 heteroatoms. The fraction of sp³-hybridized carbons (Fsp3) is 1.00. The van der Waals surface area contributed by atoms with Crippen LogP contribution in [0.1, 0.15) is 84.5 Å². The van der Waals surface area contributed by atoms with Crippen LogP contribution in [-0.2, 0) is 4.43 Å². The lowest BCUT2D eigenvalue weighted by Crippen LogP contribution is -2.42. The summed E-state index contributed by atoms with van der Waals surface area (Å²) in [7, 11) is -2.43. The molecule has 23 heavy (non-hydrogen) atoms. The molecule has 0 aromatic heterocycles. The number of hydrogen-bond acceptors (Lipinski definition) is 1. The summed E-state index contributed by atoms with van der Waals surface area (Å²) in [6, 6.07) is 0. The lowest BCUT2D eigenvalue weighted by Gasteiger charge is -2.32. The lowest BCUT2D eigenvalue weighted by molar-refractivity contribution is 0.198. The van der Waals surface area contributed by atoms with Crippen LogP contribution in [0.5, 0.6) is 0 Å². The predicted octanol–water partition coefficient (Wildman–Crippen LogP) is 7.79. The van der Waals surface area contributed by atoms with E-state index in [1.165, 1.54) is 76.3 Å². The van der Waals surface area contributed by atoms with Gasteiger partial charge in [-0.3, -0.25) is 0 Å². The van der Waals surface area contributed by atoms with E-state index in [2.05, 4.69) is 46.6 Å². The van der Waals surface area contributed by atoms with E-state index in [4.69, 9.17) is 4.43 Å². The Hall–Kier alpha value is 0.394. The van der Waals surface area contributed by atoms with E-state index in [9.17, 15) is 0 Å². The molecule has 0 saturated carbocycles. The first-order valence-electron chi connectivity index (χ1n) is 10.3. The first kappa shape index (κ1) is 23.4. The van der Waals surface area contributed by atoms with E-state index >= 15 is 0 Å². The highest BCUT2D eigenvalue weighted by Gasteiger charge is 2.31. The first-order valence-corrected chi connectivity index (χ1v) is 17.2. The highest BCUT2D eigenvalue weighted by atomic mass is 28.4. The van der Waals surface area contributed by atoms with Gasteiger partial charge in [0.2, 0.25) is 0 Å². The quantitative estimate of drug-likeness (QED) is 0.214. The van der Waals surface area contributed by atoms with Crippen molar-refractivity contribution in [1.29, 1.82) is 0 Å². The minimum atomic E-state index is -1.44. The molecule has 0 amide bonds. The van der Waals surface area contributed by atoms with Crippen LogP contribution >= 0.6 is 0 Å². The molecule has 0 spiro atoms. The molecule has 0 fully saturated rings. The highest BCUT2D eigenvalue weighted by molar-refractivity contribution is 6.92. The Labute approximate surface area is 150 Å². The van der Waals surface area contributed by atoms with Crippen molar-refractivity contribution in [2.24, 2.45) is 0 Å². The topological polar surface area (TPSA) is 9.23 Å². The Bertz CT molecular complexity index is 271.